The molecule has 0 saturated carbocycles. The van der Waals surface area contributed by atoms with Crippen LogP contribution in [0.2, 0.25) is 10.0 Å². The molecule has 78 valence electrons. The van der Waals surface area contributed by atoms with Gasteiger partial charge in [-0.3, -0.25) is 0 Å². The number of hydrogen-bond donors (Lipinski definition) is 2. The third-order valence-electron chi connectivity index (χ3n) is 1.85. The molecule has 1 aromatic carbocycles. The second-order valence-electron chi connectivity index (χ2n) is 2.81. The zero-order valence-corrected chi connectivity index (χ0v) is 9.14. The first-order valence-electron chi connectivity index (χ1n) is 3.99. The van der Waals surface area contributed by atoms with E-state index in [0.29, 0.717) is 21.4 Å². The Hall–Kier alpha value is -0.480. The number of methoxy groups -OCH3 is 1. The summed E-state index contributed by atoms with van der Waals surface area (Å²) in [6, 6.07) is 2.79. The summed E-state index contributed by atoms with van der Waals surface area (Å²) in [7, 11) is 1.48. The van der Waals surface area contributed by atoms with Gasteiger partial charge >= 0.3 is 0 Å². The Morgan fingerprint density at radius 2 is 1.93 bits per heavy atom. The summed E-state index contributed by atoms with van der Waals surface area (Å²) in [6.45, 7) is -0.154. The topological polar surface area (TPSA) is 55.5 Å². The third-order valence-corrected chi connectivity index (χ3v) is 2.41. The molecule has 0 radical (unpaired) electrons. The highest BCUT2D eigenvalue weighted by molar-refractivity contribution is 6.37. The molecule has 0 bridgehead atoms. The minimum Gasteiger partial charge on any atom is -0.494 e. The maximum absolute atomic E-state index is 8.85. The van der Waals surface area contributed by atoms with E-state index in [2.05, 4.69) is 0 Å². The lowest BCUT2D eigenvalue weighted by molar-refractivity contribution is 0.268. The van der Waals surface area contributed by atoms with Crippen molar-refractivity contribution in [1.29, 1.82) is 0 Å². The number of rotatable bonds is 3. The van der Waals surface area contributed by atoms with Crippen LogP contribution in [-0.2, 0) is 0 Å². The first kappa shape index (κ1) is 11.6. The van der Waals surface area contributed by atoms with Crippen LogP contribution in [0.25, 0.3) is 0 Å². The molecule has 0 aliphatic heterocycles. The molecule has 1 rings (SSSR count). The van der Waals surface area contributed by atoms with Crippen LogP contribution in [-0.4, -0.2) is 18.8 Å². The molecule has 0 aliphatic rings. The van der Waals surface area contributed by atoms with E-state index in [-0.39, 0.29) is 6.61 Å². The van der Waals surface area contributed by atoms with Crippen LogP contribution in [0.5, 0.6) is 5.75 Å². The van der Waals surface area contributed by atoms with E-state index < -0.39 is 6.04 Å². The van der Waals surface area contributed by atoms with Crippen LogP contribution in [0, 0.1) is 0 Å². The molecule has 3 N–H and O–H groups in total. The van der Waals surface area contributed by atoms with Gasteiger partial charge in [-0.25, -0.2) is 0 Å². The highest BCUT2D eigenvalue weighted by Crippen LogP contribution is 2.34. The lowest BCUT2D eigenvalue weighted by atomic mass is 10.1. The lowest BCUT2D eigenvalue weighted by Gasteiger charge is -2.12. The first-order valence-corrected chi connectivity index (χ1v) is 4.75. The molecular formula is C9H11Cl2NO2. The van der Waals surface area contributed by atoms with Gasteiger partial charge in [0.25, 0.3) is 0 Å². The fourth-order valence-corrected chi connectivity index (χ4v) is 1.75. The summed E-state index contributed by atoms with van der Waals surface area (Å²) in [6.07, 6.45) is 0. The van der Waals surface area contributed by atoms with Crippen molar-refractivity contribution in [2.75, 3.05) is 13.7 Å². The standard InChI is InChI=1S/C9H11Cl2NO2/c1-14-9-6(10)2-5(3-7(9)11)8(12)4-13/h2-3,8,13H,4,12H2,1H3/t8-/m0/s1. The van der Waals surface area contributed by atoms with E-state index >= 15 is 0 Å². The number of benzene rings is 1. The zero-order valence-electron chi connectivity index (χ0n) is 7.63. The number of hydrogen-bond acceptors (Lipinski definition) is 3. The molecular weight excluding hydrogens is 225 g/mol. The van der Waals surface area contributed by atoms with E-state index in [0.717, 1.165) is 0 Å². The lowest BCUT2D eigenvalue weighted by Crippen LogP contribution is -2.14. The number of aliphatic hydroxyl groups excluding tert-OH is 1. The largest absolute Gasteiger partial charge is 0.494 e. The average Bonchev–Trinajstić information content (AvgIpc) is 2.16. The van der Waals surface area contributed by atoms with Crippen LogP contribution in [0.1, 0.15) is 11.6 Å². The Kier molecular flexibility index (Phi) is 4.01. The van der Waals surface area contributed by atoms with Gasteiger partial charge in [0.15, 0.2) is 5.75 Å². The van der Waals surface area contributed by atoms with Crippen molar-refractivity contribution in [3.05, 3.63) is 27.7 Å². The van der Waals surface area contributed by atoms with E-state index in [1.54, 1.807) is 12.1 Å². The predicted octanol–water partition coefficient (Wildman–Crippen LogP) is 1.99. The molecule has 0 heterocycles. The smallest absolute Gasteiger partial charge is 0.156 e. The molecule has 0 saturated heterocycles. The maximum atomic E-state index is 8.85. The molecule has 5 heteroatoms. The molecule has 14 heavy (non-hydrogen) atoms. The minimum atomic E-state index is -0.476. The van der Waals surface area contributed by atoms with Gasteiger partial charge in [-0.1, -0.05) is 23.2 Å². The van der Waals surface area contributed by atoms with Crippen molar-refractivity contribution in [3.8, 4) is 5.75 Å². The Morgan fingerprint density at radius 3 is 2.29 bits per heavy atom. The van der Waals surface area contributed by atoms with E-state index in [4.69, 9.17) is 38.8 Å². The average molecular weight is 236 g/mol. The van der Waals surface area contributed by atoms with Gasteiger partial charge in [0.2, 0.25) is 0 Å². The van der Waals surface area contributed by atoms with Gasteiger partial charge in [0.05, 0.1) is 29.8 Å². The van der Waals surface area contributed by atoms with Crippen molar-refractivity contribution >= 4 is 23.2 Å². The molecule has 3 nitrogen and oxygen atoms in total. The van der Waals surface area contributed by atoms with Crippen LogP contribution >= 0.6 is 23.2 Å². The monoisotopic (exact) mass is 235 g/mol. The quantitative estimate of drug-likeness (QED) is 0.843. The number of ether oxygens (including phenoxy) is 1. The predicted molar refractivity (Wildman–Crippen MR) is 57.0 cm³/mol. The van der Waals surface area contributed by atoms with Crippen LogP contribution in [0.15, 0.2) is 12.1 Å². The summed E-state index contributed by atoms with van der Waals surface area (Å²) in [5.41, 5.74) is 6.30. The Balaban J connectivity index is 3.13. The Bertz CT molecular complexity index is 308. The normalized spacial score (nSPS) is 12.6. The van der Waals surface area contributed by atoms with E-state index in [1.807, 2.05) is 0 Å². The SMILES string of the molecule is COc1c(Cl)cc([C@@H](N)CO)cc1Cl. The van der Waals surface area contributed by atoms with Gasteiger partial charge < -0.3 is 15.6 Å². The Labute approximate surface area is 92.4 Å². The molecule has 0 fully saturated rings. The minimum absolute atomic E-state index is 0.154. The molecule has 0 spiro atoms. The van der Waals surface area contributed by atoms with Crippen molar-refractivity contribution in [1.82, 2.24) is 0 Å². The fraction of sp³-hybridized carbons (Fsp3) is 0.333. The summed E-state index contributed by atoms with van der Waals surface area (Å²) < 4.78 is 4.98. The molecule has 0 aromatic heterocycles. The highest BCUT2D eigenvalue weighted by atomic mass is 35.5. The van der Waals surface area contributed by atoms with Gasteiger partial charge in [-0.15, -0.1) is 0 Å². The molecule has 1 atom stereocenters. The number of aliphatic hydroxyl groups is 1. The van der Waals surface area contributed by atoms with Crippen LogP contribution in [0.3, 0.4) is 0 Å². The van der Waals surface area contributed by atoms with Crippen molar-refractivity contribution in [3.63, 3.8) is 0 Å². The van der Waals surface area contributed by atoms with Crippen molar-refractivity contribution < 1.29 is 9.84 Å². The van der Waals surface area contributed by atoms with Crippen molar-refractivity contribution in [2.45, 2.75) is 6.04 Å². The van der Waals surface area contributed by atoms with E-state index in [1.165, 1.54) is 7.11 Å². The van der Waals surface area contributed by atoms with Crippen LogP contribution in [0.4, 0.5) is 0 Å². The third kappa shape index (κ3) is 2.30. The first-order chi connectivity index (χ1) is 6.60. The number of nitrogens with two attached hydrogens (primary N) is 1. The van der Waals surface area contributed by atoms with Crippen LogP contribution < -0.4 is 10.5 Å². The fourth-order valence-electron chi connectivity index (χ4n) is 1.09. The van der Waals surface area contributed by atoms with Gasteiger partial charge in [-0.2, -0.15) is 0 Å². The van der Waals surface area contributed by atoms with Crippen molar-refractivity contribution in [2.24, 2.45) is 5.73 Å². The van der Waals surface area contributed by atoms with Gasteiger partial charge in [-0.05, 0) is 17.7 Å². The summed E-state index contributed by atoms with van der Waals surface area (Å²) >= 11 is 11.8. The molecule has 0 aliphatic carbocycles. The number of halogens is 2. The second kappa shape index (κ2) is 4.84. The Morgan fingerprint density at radius 1 is 1.43 bits per heavy atom. The molecule has 0 amide bonds. The summed E-state index contributed by atoms with van der Waals surface area (Å²) in [5, 5.41) is 9.63. The zero-order chi connectivity index (χ0) is 10.7. The van der Waals surface area contributed by atoms with Gasteiger partial charge in [0, 0.05) is 0 Å². The van der Waals surface area contributed by atoms with E-state index in [9.17, 15) is 0 Å². The molecule has 1 aromatic rings. The van der Waals surface area contributed by atoms with Gasteiger partial charge in [0.1, 0.15) is 0 Å². The maximum Gasteiger partial charge on any atom is 0.156 e. The summed E-state index contributed by atoms with van der Waals surface area (Å²) in [5.74, 6) is 0.419. The molecule has 0 unspecified atom stereocenters. The second-order valence-corrected chi connectivity index (χ2v) is 3.62. The summed E-state index contributed by atoms with van der Waals surface area (Å²) in [4.78, 5) is 0. The highest BCUT2D eigenvalue weighted by Gasteiger charge is 2.12.